The lowest BCUT2D eigenvalue weighted by molar-refractivity contribution is 1.21. The highest BCUT2D eigenvalue weighted by Gasteiger charge is 2.45. The Bertz CT molecular complexity index is 1070. The van der Waals surface area contributed by atoms with Crippen LogP contribution in [-0.4, -0.2) is 8.07 Å². The molecule has 3 aromatic carbocycles. The van der Waals surface area contributed by atoms with Crippen LogP contribution < -0.4 is 15.6 Å². The monoisotopic (exact) mass is 408 g/mol. The maximum Gasteiger partial charge on any atom is 0.176 e. The van der Waals surface area contributed by atoms with Crippen LogP contribution in [0.1, 0.15) is 42.5 Å². The van der Waals surface area contributed by atoms with Crippen molar-refractivity contribution in [2.75, 3.05) is 0 Å². The minimum absolute atomic E-state index is 1.08. The van der Waals surface area contributed by atoms with Gasteiger partial charge in [0.15, 0.2) is 8.07 Å². The summed E-state index contributed by atoms with van der Waals surface area (Å²) in [5, 5.41) is 6.14. The van der Waals surface area contributed by atoms with E-state index in [1.165, 1.54) is 49.0 Å². The lowest BCUT2D eigenvalue weighted by atomic mass is 10.1. The van der Waals surface area contributed by atoms with Crippen LogP contribution in [0.3, 0.4) is 0 Å². The molecule has 0 atom stereocenters. The van der Waals surface area contributed by atoms with Crippen LogP contribution in [0.25, 0.3) is 0 Å². The summed E-state index contributed by atoms with van der Waals surface area (Å²) in [6, 6.07) is 25.7. The molecule has 0 amide bonds. The molecule has 1 heteroatoms. The third-order valence-corrected chi connectivity index (χ3v) is 11.3. The molecule has 0 fully saturated rings. The quantitative estimate of drug-likeness (QED) is 0.389. The molecule has 0 unspecified atom stereocenters. The Kier molecular flexibility index (Phi) is 5.42. The van der Waals surface area contributed by atoms with Crippen LogP contribution in [0.5, 0.6) is 0 Å². The molecule has 30 heavy (non-hydrogen) atoms. The van der Waals surface area contributed by atoms with Crippen molar-refractivity contribution in [2.24, 2.45) is 0 Å². The molecule has 0 N–H and O–H groups in total. The normalized spacial score (nSPS) is 14.3. The summed E-state index contributed by atoms with van der Waals surface area (Å²) in [6.45, 7) is 13.6. The van der Waals surface area contributed by atoms with Gasteiger partial charge in [-0.3, -0.25) is 0 Å². The van der Waals surface area contributed by atoms with E-state index in [4.69, 9.17) is 0 Å². The third-order valence-electron chi connectivity index (χ3n) is 6.36. The summed E-state index contributed by atoms with van der Waals surface area (Å²) in [7, 11) is -2.39. The SMILES string of the molecule is CC1=CC(C)=C([Si](c2ccccc2)(c2cc(C)cc(C)c2)c2cc(C)cc(C)c2)C1. The largest absolute Gasteiger partial charge is 0.176 e. The lowest BCUT2D eigenvalue weighted by Gasteiger charge is -2.37. The average molecular weight is 409 g/mol. The van der Waals surface area contributed by atoms with E-state index in [1.54, 1.807) is 5.20 Å². The summed E-state index contributed by atoms with van der Waals surface area (Å²) >= 11 is 0. The molecule has 1 aliphatic rings. The summed E-state index contributed by atoms with van der Waals surface area (Å²) in [5.74, 6) is 0. The number of rotatable bonds is 4. The highest BCUT2D eigenvalue weighted by Crippen LogP contribution is 2.33. The van der Waals surface area contributed by atoms with Crippen LogP contribution in [-0.2, 0) is 0 Å². The molecular formula is C29H32Si. The van der Waals surface area contributed by atoms with Crippen molar-refractivity contribution < 1.29 is 0 Å². The average Bonchev–Trinajstić information content (AvgIpc) is 3.00. The Balaban J connectivity index is 2.18. The van der Waals surface area contributed by atoms with Crippen molar-refractivity contribution in [3.63, 3.8) is 0 Å². The first-order valence-electron chi connectivity index (χ1n) is 10.9. The smallest absolute Gasteiger partial charge is 0.0694 e. The first-order valence-corrected chi connectivity index (χ1v) is 12.9. The van der Waals surface area contributed by atoms with Crippen molar-refractivity contribution in [1.82, 2.24) is 0 Å². The zero-order valence-electron chi connectivity index (χ0n) is 19.1. The maximum absolute atomic E-state index is 2.46. The minimum Gasteiger partial charge on any atom is -0.0694 e. The fourth-order valence-electron chi connectivity index (χ4n) is 5.45. The Morgan fingerprint density at radius 3 is 1.43 bits per heavy atom. The lowest BCUT2D eigenvalue weighted by Crippen LogP contribution is -2.69. The molecule has 4 rings (SSSR count). The van der Waals surface area contributed by atoms with E-state index in [-0.39, 0.29) is 0 Å². The highest BCUT2D eigenvalue weighted by molar-refractivity contribution is 7.16. The number of allylic oxidation sites excluding steroid dienone is 4. The first kappa shape index (κ1) is 20.6. The van der Waals surface area contributed by atoms with E-state index in [0.717, 1.165) is 6.42 Å². The van der Waals surface area contributed by atoms with E-state index in [1.807, 2.05) is 0 Å². The summed E-state index contributed by atoms with van der Waals surface area (Å²) in [4.78, 5) is 0. The fourth-order valence-corrected chi connectivity index (χ4v) is 11.2. The second-order valence-corrected chi connectivity index (χ2v) is 13.0. The zero-order valence-corrected chi connectivity index (χ0v) is 20.1. The van der Waals surface area contributed by atoms with Crippen molar-refractivity contribution >= 4 is 23.6 Å². The molecule has 0 saturated carbocycles. The summed E-state index contributed by atoms with van der Waals surface area (Å²) in [5.41, 5.74) is 8.34. The standard InChI is InChI=1S/C29H32Si/c1-20-12-21(2)16-27(15-20)30(26-10-8-7-9-11-26,29-19-24(5)14-25(29)6)28-17-22(3)13-23(4)18-28/h7-18H,19H2,1-6H3. The first-order chi connectivity index (χ1) is 14.3. The molecular weight excluding hydrogens is 376 g/mol. The van der Waals surface area contributed by atoms with Gasteiger partial charge in [0.2, 0.25) is 0 Å². The molecule has 0 nitrogen and oxygen atoms in total. The second-order valence-electron chi connectivity index (χ2n) is 9.20. The van der Waals surface area contributed by atoms with Gasteiger partial charge in [0.1, 0.15) is 0 Å². The van der Waals surface area contributed by atoms with Gasteiger partial charge in [0.25, 0.3) is 0 Å². The predicted octanol–water partition coefficient (Wildman–Crippen LogP) is 5.60. The van der Waals surface area contributed by atoms with E-state index >= 15 is 0 Å². The molecule has 0 radical (unpaired) electrons. The predicted molar refractivity (Wildman–Crippen MR) is 134 cm³/mol. The Morgan fingerprint density at radius 1 is 0.567 bits per heavy atom. The van der Waals surface area contributed by atoms with Gasteiger partial charge in [-0.05, 0) is 63.5 Å². The van der Waals surface area contributed by atoms with Gasteiger partial charge >= 0.3 is 0 Å². The Morgan fingerprint density at radius 2 is 1.03 bits per heavy atom. The van der Waals surface area contributed by atoms with Crippen LogP contribution >= 0.6 is 0 Å². The van der Waals surface area contributed by atoms with Crippen molar-refractivity contribution in [2.45, 2.75) is 48.0 Å². The number of hydrogen-bond acceptors (Lipinski definition) is 0. The molecule has 3 aromatic rings. The van der Waals surface area contributed by atoms with Gasteiger partial charge in [-0.15, -0.1) is 0 Å². The van der Waals surface area contributed by atoms with E-state index in [2.05, 4.69) is 114 Å². The van der Waals surface area contributed by atoms with Gasteiger partial charge in [0, 0.05) is 0 Å². The van der Waals surface area contributed by atoms with E-state index in [9.17, 15) is 0 Å². The van der Waals surface area contributed by atoms with Crippen molar-refractivity contribution in [3.8, 4) is 0 Å². The molecule has 0 bridgehead atoms. The summed E-state index contributed by atoms with van der Waals surface area (Å²) in [6.07, 6.45) is 3.48. The van der Waals surface area contributed by atoms with Gasteiger partial charge in [-0.1, -0.05) is 111 Å². The van der Waals surface area contributed by atoms with Gasteiger partial charge in [-0.2, -0.15) is 0 Å². The maximum atomic E-state index is 2.46. The molecule has 0 spiro atoms. The topological polar surface area (TPSA) is 0 Å². The Labute approximate surface area is 183 Å². The van der Waals surface area contributed by atoms with Gasteiger partial charge < -0.3 is 0 Å². The van der Waals surface area contributed by atoms with Crippen LogP contribution in [0.4, 0.5) is 0 Å². The molecule has 0 aromatic heterocycles. The summed E-state index contributed by atoms with van der Waals surface area (Å²) < 4.78 is 0. The molecule has 1 aliphatic carbocycles. The fraction of sp³-hybridized carbons (Fsp3) is 0.241. The molecule has 0 saturated heterocycles. The second kappa shape index (κ2) is 7.89. The van der Waals surface area contributed by atoms with Crippen molar-refractivity contribution in [1.29, 1.82) is 0 Å². The molecule has 0 aliphatic heterocycles. The van der Waals surface area contributed by atoms with Gasteiger partial charge in [0.05, 0.1) is 0 Å². The van der Waals surface area contributed by atoms with Crippen LogP contribution in [0.15, 0.2) is 89.1 Å². The van der Waals surface area contributed by atoms with Crippen LogP contribution in [0, 0.1) is 27.7 Å². The molecule has 0 heterocycles. The van der Waals surface area contributed by atoms with Crippen molar-refractivity contribution in [3.05, 3.63) is 111 Å². The zero-order chi connectivity index (χ0) is 21.5. The van der Waals surface area contributed by atoms with E-state index < -0.39 is 8.07 Å². The van der Waals surface area contributed by atoms with E-state index in [0.29, 0.717) is 0 Å². The number of hydrogen-bond donors (Lipinski definition) is 0. The Hall–Kier alpha value is -2.64. The van der Waals surface area contributed by atoms with Crippen LogP contribution in [0.2, 0.25) is 0 Å². The number of aryl methyl sites for hydroxylation is 4. The highest BCUT2D eigenvalue weighted by atomic mass is 28.3. The molecule has 152 valence electrons. The third kappa shape index (κ3) is 3.52. The van der Waals surface area contributed by atoms with Gasteiger partial charge in [-0.25, -0.2) is 0 Å². The number of benzene rings is 3. The minimum atomic E-state index is -2.39.